The Bertz CT molecular complexity index is 649. The van der Waals surface area contributed by atoms with E-state index in [-0.39, 0.29) is 5.56 Å². The lowest BCUT2D eigenvalue weighted by molar-refractivity contribution is 0.214. The molecule has 0 aliphatic heterocycles. The van der Waals surface area contributed by atoms with E-state index in [1.54, 1.807) is 24.3 Å². The fourth-order valence-corrected chi connectivity index (χ4v) is 2.18. The molecule has 1 atom stereocenters. The van der Waals surface area contributed by atoms with Crippen LogP contribution in [0.15, 0.2) is 36.4 Å². The number of hydrogen-bond acceptors (Lipinski definition) is 2. The van der Waals surface area contributed by atoms with Crippen LogP contribution in [-0.2, 0) is 0 Å². The van der Waals surface area contributed by atoms with Gasteiger partial charge in [-0.15, -0.1) is 0 Å². The van der Waals surface area contributed by atoms with Crippen molar-refractivity contribution in [1.29, 1.82) is 0 Å². The first-order chi connectivity index (χ1) is 10.0. The Balaban J connectivity index is 1.83. The second-order valence-electron chi connectivity index (χ2n) is 5.41. The fourth-order valence-electron chi connectivity index (χ4n) is 2.18. The molecule has 0 radical (unpaired) electrons. The fraction of sp³-hybridized carbons (Fsp3) is 0.294. The van der Waals surface area contributed by atoms with Crippen molar-refractivity contribution in [1.82, 2.24) is 0 Å². The molecule has 2 aromatic rings. The highest BCUT2D eigenvalue weighted by Crippen LogP contribution is 2.30. The summed E-state index contributed by atoms with van der Waals surface area (Å²) >= 11 is 0. The Labute approximate surface area is 122 Å². The monoisotopic (exact) mass is 290 g/mol. The van der Waals surface area contributed by atoms with E-state index >= 15 is 0 Å². The first kappa shape index (κ1) is 14.0. The first-order valence-corrected chi connectivity index (χ1v) is 6.95. The minimum Gasteiger partial charge on any atom is -0.490 e. The zero-order chi connectivity index (χ0) is 15.0. The molecule has 0 bridgehead atoms. The Morgan fingerprint density at radius 1 is 1.10 bits per heavy atom. The van der Waals surface area contributed by atoms with Gasteiger partial charge in [-0.3, -0.25) is 0 Å². The number of aliphatic hydroxyl groups excluding tert-OH is 1. The molecule has 0 amide bonds. The number of aryl methyl sites for hydroxylation is 1. The molecule has 2 aromatic carbocycles. The van der Waals surface area contributed by atoms with Gasteiger partial charge in [0.2, 0.25) is 0 Å². The minimum atomic E-state index is -1.13. The Morgan fingerprint density at radius 3 is 2.38 bits per heavy atom. The number of rotatable bonds is 4. The summed E-state index contributed by atoms with van der Waals surface area (Å²) in [5.74, 6) is -0.621. The summed E-state index contributed by atoms with van der Waals surface area (Å²) in [7, 11) is 0. The number of aliphatic hydroxyl groups is 1. The largest absolute Gasteiger partial charge is 0.490 e. The van der Waals surface area contributed by atoms with E-state index in [0.29, 0.717) is 17.2 Å². The standard InChI is InChI=1S/C17H16F2O2/c1-10-8-14(16(19)9-15(10)18)17(20)11-2-4-12(5-3-11)21-13-6-7-13/h2-5,8-9,13,17,20H,6-7H2,1H3. The van der Waals surface area contributed by atoms with Crippen LogP contribution in [0.25, 0.3) is 0 Å². The van der Waals surface area contributed by atoms with Gasteiger partial charge in [-0.25, -0.2) is 8.78 Å². The maximum Gasteiger partial charge on any atom is 0.132 e. The molecule has 110 valence electrons. The molecular weight excluding hydrogens is 274 g/mol. The highest BCUT2D eigenvalue weighted by atomic mass is 19.1. The lowest BCUT2D eigenvalue weighted by Gasteiger charge is -2.14. The molecule has 1 unspecified atom stereocenters. The van der Waals surface area contributed by atoms with Gasteiger partial charge in [0.1, 0.15) is 23.5 Å². The Morgan fingerprint density at radius 2 is 1.76 bits per heavy atom. The average molecular weight is 290 g/mol. The number of ether oxygens (including phenoxy) is 1. The third-order valence-electron chi connectivity index (χ3n) is 3.60. The summed E-state index contributed by atoms with van der Waals surface area (Å²) in [6.07, 6.45) is 1.33. The lowest BCUT2D eigenvalue weighted by Crippen LogP contribution is -2.04. The van der Waals surface area contributed by atoms with Gasteiger partial charge in [0.15, 0.2) is 0 Å². The van der Waals surface area contributed by atoms with Gasteiger partial charge in [-0.1, -0.05) is 12.1 Å². The van der Waals surface area contributed by atoms with Crippen LogP contribution in [0.4, 0.5) is 8.78 Å². The number of hydrogen-bond donors (Lipinski definition) is 1. The van der Waals surface area contributed by atoms with E-state index in [1.807, 2.05) is 0 Å². The molecule has 4 heteroatoms. The zero-order valence-corrected chi connectivity index (χ0v) is 11.6. The quantitative estimate of drug-likeness (QED) is 0.925. The Hall–Kier alpha value is -1.94. The smallest absolute Gasteiger partial charge is 0.132 e. The SMILES string of the molecule is Cc1cc(C(O)c2ccc(OC3CC3)cc2)c(F)cc1F. The van der Waals surface area contributed by atoms with Crippen molar-refractivity contribution in [3.8, 4) is 5.75 Å². The van der Waals surface area contributed by atoms with Crippen molar-refractivity contribution >= 4 is 0 Å². The van der Waals surface area contributed by atoms with Crippen molar-refractivity contribution < 1.29 is 18.6 Å². The van der Waals surface area contributed by atoms with Crippen LogP contribution in [0.1, 0.15) is 35.6 Å². The van der Waals surface area contributed by atoms with E-state index < -0.39 is 17.7 Å². The molecule has 0 spiro atoms. The van der Waals surface area contributed by atoms with Gasteiger partial charge in [-0.2, -0.15) is 0 Å². The molecule has 1 N–H and O–H groups in total. The average Bonchev–Trinajstić information content (AvgIpc) is 3.27. The lowest BCUT2D eigenvalue weighted by atomic mass is 9.99. The Kier molecular flexibility index (Phi) is 3.64. The molecule has 21 heavy (non-hydrogen) atoms. The molecule has 1 saturated carbocycles. The van der Waals surface area contributed by atoms with Gasteiger partial charge >= 0.3 is 0 Å². The molecule has 0 aromatic heterocycles. The van der Waals surface area contributed by atoms with Gasteiger partial charge in [-0.05, 0) is 49.1 Å². The third kappa shape index (κ3) is 3.05. The summed E-state index contributed by atoms with van der Waals surface area (Å²) in [5, 5.41) is 10.3. The predicted molar refractivity (Wildman–Crippen MR) is 75.2 cm³/mol. The minimum absolute atomic E-state index is 0.0739. The van der Waals surface area contributed by atoms with E-state index in [4.69, 9.17) is 4.74 Å². The van der Waals surface area contributed by atoms with Crippen LogP contribution in [-0.4, -0.2) is 11.2 Å². The number of halogens is 2. The molecule has 1 aliphatic carbocycles. The van der Waals surface area contributed by atoms with Gasteiger partial charge < -0.3 is 9.84 Å². The van der Waals surface area contributed by atoms with Crippen LogP contribution in [0, 0.1) is 18.6 Å². The van der Waals surface area contributed by atoms with Gasteiger partial charge in [0.25, 0.3) is 0 Å². The summed E-state index contributed by atoms with van der Waals surface area (Å²) in [6.45, 7) is 1.54. The van der Waals surface area contributed by atoms with Crippen molar-refractivity contribution in [2.24, 2.45) is 0 Å². The molecular formula is C17H16F2O2. The highest BCUT2D eigenvalue weighted by Gasteiger charge is 2.23. The zero-order valence-electron chi connectivity index (χ0n) is 11.6. The number of benzene rings is 2. The normalized spacial score (nSPS) is 15.8. The van der Waals surface area contributed by atoms with Crippen LogP contribution < -0.4 is 4.74 Å². The maximum atomic E-state index is 13.8. The maximum absolute atomic E-state index is 13.8. The molecule has 1 fully saturated rings. The van der Waals surface area contributed by atoms with E-state index in [0.717, 1.165) is 24.7 Å². The summed E-state index contributed by atoms with van der Waals surface area (Å²) in [5.41, 5.74) is 0.923. The predicted octanol–water partition coefficient (Wildman–Crippen LogP) is 3.90. The van der Waals surface area contributed by atoms with Crippen molar-refractivity contribution in [2.75, 3.05) is 0 Å². The van der Waals surface area contributed by atoms with Crippen LogP contribution >= 0.6 is 0 Å². The van der Waals surface area contributed by atoms with Gasteiger partial charge in [0, 0.05) is 11.6 Å². The topological polar surface area (TPSA) is 29.5 Å². The second-order valence-corrected chi connectivity index (χ2v) is 5.41. The van der Waals surface area contributed by atoms with Gasteiger partial charge in [0.05, 0.1) is 6.10 Å². The third-order valence-corrected chi connectivity index (χ3v) is 3.60. The highest BCUT2D eigenvalue weighted by molar-refractivity contribution is 5.36. The molecule has 0 saturated heterocycles. The molecule has 1 aliphatic rings. The van der Waals surface area contributed by atoms with E-state index in [2.05, 4.69) is 0 Å². The molecule has 2 nitrogen and oxygen atoms in total. The van der Waals surface area contributed by atoms with Crippen molar-refractivity contribution in [3.63, 3.8) is 0 Å². The van der Waals surface area contributed by atoms with Crippen LogP contribution in [0.5, 0.6) is 5.75 Å². The summed E-state index contributed by atoms with van der Waals surface area (Å²) < 4.78 is 32.7. The first-order valence-electron chi connectivity index (χ1n) is 6.95. The molecule has 3 rings (SSSR count). The van der Waals surface area contributed by atoms with Crippen LogP contribution in [0.3, 0.4) is 0 Å². The van der Waals surface area contributed by atoms with E-state index in [1.165, 1.54) is 13.0 Å². The molecule has 0 heterocycles. The summed E-state index contributed by atoms with van der Waals surface area (Å²) in [6, 6.07) is 9.04. The van der Waals surface area contributed by atoms with E-state index in [9.17, 15) is 13.9 Å². The van der Waals surface area contributed by atoms with Crippen LogP contribution in [0.2, 0.25) is 0 Å². The van der Waals surface area contributed by atoms with Crippen molar-refractivity contribution in [2.45, 2.75) is 32.0 Å². The summed E-state index contributed by atoms with van der Waals surface area (Å²) in [4.78, 5) is 0. The van der Waals surface area contributed by atoms with Crippen molar-refractivity contribution in [3.05, 3.63) is 64.7 Å². The second kappa shape index (κ2) is 5.45.